The maximum Gasteiger partial charge on any atom is 0.127 e. The van der Waals surface area contributed by atoms with Crippen LogP contribution in [0.2, 0.25) is 0 Å². The molecule has 4 nitrogen and oxygen atoms in total. The van der Waals surface area contributed by atoms with E-state index < -0.39 is 0 Å². The second kappa shape index (κ2) is 9.06. The third-order valence-corrected chi connectivity index (χ3v) is 6.33. The lowest BCUT2D eigenvalue weighted by Crippen LogP contribution is -2.28. The lowest BCUT2D eigenvalue weighted by Gasteiger charge is -2.21. The van der Waals surface area contributed by atoms with Gasteiger partial charge >= 0.3 is 0 Å². The first-order valence-corrected chi connectivity index (χ1v) is 10.5. The van der Waals surface area contributed by atoms with Crippen LogP contribution in [0.15, 0.2) is 6.07 Å². The molecule has 0 N–H and O–H groups in total. The first-order chi connectivity index (χ1) is 12.2. The molecule has 2 aromatic rings. The zero-order valence-corrected chi connectivity index (χ0v) is 16.7. The van der Waals surface area contributed by atoms with Gasteiger partial charge in [0.15, 0.2) is 0 Å². The second-order valence-electron chi connectivity index (χ2n) is 7.19. The third-order valence-electron chi connectivity index (χ3n) is 5.13. The van der Waals surface area contributed by atoms with Crippen LogP contribution >= 0.6 is 11.3 Å². The molecule has 3 rings (SSSR count). The van der Waals surface area contributed by atoms with E-state index in [0.717, 1.165) is 44.4 Å². The molecule has 0 saturated heterocycles. The van der Waals surface area contributed by atoms with Crippen LogP contribution < -0.4 is 0 Å². The molecule has 0 aromatic carbocycles. The van der Waals surface area contributed by atoms with Crippen LogP contribution in [0.3, 0.4) is 0 Å². The zero-order chi connectivity index (χ0) is 17.6. The lowest BCUT2D eigenvalue weighted by molar-refractivity contribution is 0.143. The highest BCUT2D eigenvalue weighted by molar-refractivity contribution is 7.18. The molecule has 5 heteroatoms. The highest BCUT2D eigenvalue weighted by Gasteiger charge is 2.20. The van der Waals surface area contributed by atoms with Gasteiger partial charge in [-0.2, -0.15) is 0 Å². The van der Waals surface area contributed by atoms with Gasteiger partial charge < -0.3 is 4.74 Å². The number of thiophene rings is 1. The van der Waals surface area contributed by atoms with Crippen molar-refractivity contribution in [3.8, 4) is 0 Å². The Morgan fingerprint density at radius 1 is 1.20 bits per heavy atom. The van der Waals surface area contributed by atoms with Crippen LogP contribution in [0.5, 0.6) is 0 Å². The summed E-state index contributed by atoms with van der Waals surface area (Å²) in [6.07, 6.45) is 7.97. The average Bonchev–Trinajstić information content (AvgIpc) is 3.04. The van der Waals surface area contributed by atoms with Gasteiger partial charge in [-0.1, -0.05) is 26.2 Å². The number of ether oxygens (including phenoxy) is 1. The van der Waals surface area contributed by atoms with Crippen molar-refractivity contribution in [1.29, 1.82) is 0 Å². The molecule has 2 aromatic heterocycles. The van der Waals surface area contributed by atoms with Crippen molar-refractivity contribution >= 4 is 21.6 Å². The Morgan fingerprint density at radius 2 is 2.00 bits per heavy atom. The van der Waals surface area contributed by atoms with E-state index in [2.05, 4.69) is 17.9 Å². The minimum atomic E-state index is 0.737. The van der Waals surface area contributed by atoms with Crippen molar-refractivity contribution in [2.75, 3.05) is 26.8 Å². The Bertz CT molecular complexity index is 679. The Hall–Kier alpha value is -1.04. The molecule has 1 aliphatic rings. The molecule has 0 aliphatic heterocycles. The molecule has 0 amide bonds. The van der Waals surface area contributed by atoms with Crippen molar-refractivity contribution < 1.29 is 4.74 Å². The van der Waals surface area contributed by atoms with Gasteiger partial charge in [0.25, 0.3) is 0 Å². The van der Waals surface area contributed by atoms with E-state index in [4.69, 9.17) is 14.7 Å². The molecule has 1 saturated carbocycles. The fraction of sp³-hybridized carbons (Fsp3) is 0.700. The lowest BCUT2D eigenvalue weighted by atomic mass is 9.88. The molecule has 0 spiro atoms. The van der Waals surface area contributed by atoms with Gasteiger partial charge in [-0.25, -0.2) is 9.97 Å². The number of hydrogen-bond donors (Lipinski definition) is 0. The topological polar surface area (TPSA) is 38.2 Å². The van der Waals surface area contributed by atoms with Gasteiger partial charge in [-0.05, 0) is 44.7 Å². The summed E-state index contributed by atoms with van der Waals surface area (Å²) in [4.78, 5) is 14.7. The van der Waals surface area contributed by atoms with Crippen molar-refractivity contribution in [3.05, 3.63) is 22.5 Å². The van der Waals surface area contributed by atoms with Crippen LogP contribution in [0.1, 0.15) is 67.8 Å². The average molecular weight is 362 g/mol. The summed E-state index contributed by atoms with van der Waals surface area (Å²) in [5.74, 6) is 1.63. The monoisotopic (exact) mass is 361 g/mol. The Kier molecular flexibility index (Phi) is 6.79. The molecule has 2 heterocycles. The number of fused-ring (bicyclic) bond motifs is 1. The zero-order valence-electron chi connectivity index (χ0n) is 15.9. The highest BCUT2D eigenvalue weighted by Crippen LogP contribution is 2.39. The quantitative estimate of drug-likeness (QED) is 0.670. The van der Waals surface area contributed by atoms with E-state index in [1.807, 2.05) is 18.3 Å². The summed E-state index contributed by atoms with van der Waals surface area (Å²) in [6.45, 7) is 7.93. The molecule has 0 unspecified atom stereocenters. The minimum absolute atomic E-state index is 0.737. The van der Waals surface area contributed by atoms with E-state index in [9.17, 15) is 0 Å². The van der Waals surface area contributed by atoms with Crippen molar-refractivity contribution in [1.82, 2.24) is 14.9 Å². The van der Waals surface area contributed by atoms with Crippen molar-refractivity contribution in [2.45, 2.75) is 64.8 Å². The van der Waals surface area contributed by atoms with Crippen molar-refractivity contribution in [3.63, 3.8) is 0 Å². The predicted octanol–water partition coefficient (Wildman–Crippen LogP) is 4.91. The van der Waals surface area contributed by atoms with Gasteiger partial charge in [0.2, 0.25) is 0 Å². The van der Waals surface area contributed by atoms with Gasteiger partial charge in [0.1, 0.15) is 10.7 Å². The minimum Gasteiger partial charge on any atom is -0.383 e. The standard InChI is InChI=1S/C20H31N3OS/c1-4-10-23(11-12-24-3)14-18-17-13-19(16-8-6-5-7-9-16)25-20(17)22-15(2)21-18/h13,16H,4-12,14H2,1-3H3. The molecule has 138 valence electrons. The number of hydrogen-bond acceptors (Lipinski definition) is 5. The van der Waals surface area contributed by atoms with E-state index in [1.165, 1.54) is 52.9 Å². The van der Waals surface area contributed by atoms with Crippen LogP contribution in [-0.2, 0) is 11.3 Å². The third kappa shape index (κ3) is 4.78. The predicted molar refractivity (Wildman–Crippen MR) is 105 cm³/mol. The normalized spacial score (nSPS) is 16.2. The van der Waals surface area contributed by atoms with E-state index in [-0.39, 0.29) is 0 Å². The van der Waals surface area contributed by atoms with Gasteiger partial charge in [-0.3, -0.25) is 4.90 Å². The second-order valence-corrected chi connectivity index (χ2v) is 8.25. The molecule has 1 fully saturated rings. The summed E-state index contributed by atoms with van der Waals surface area (Å²) in [5, 5.41) is 1.27. The molecule has 25 heavy (non-hydrogen) atoms. The van der Waals surface area contributed by atoms with Crippen LogP contribution in [0.25, 0.3) is 10.2 Å². The molecule has 1 aliphatic carbocycles. The number of nitrogens with zero attached hydrogens (tertiary/aromatic N) is 3. The summed E-state index contributed by atoms with van der Waals surface area (Å²) in [6, 6.07) is 2.39. The fourth-order valence-electron chi connectivity index (χ4n) is 3.84. The molecule has 0 bridgehead atoms. The van der Waals surface area contributed by atoms with Gasteiger partial charge in [0.05, 0.1) is 12.3 Å². The van der Waals surface area contributed by atoms with E-state index >= 15 is 0 Å². The Morgan fingerprint density at radius 3 is 2.72 bits per heavy atom. The molecular weight excluding hydrogens is 330 g/mol. The van der Waals surface area contributed by atoms with Crippen LogP contribution in [0, 0.1) is 6.92 Å². The smallest absolute Gasteiger partial charge is 0.127 e. The summed E-state index contributed by atoms with van der Waals surface area (Å²) in [5.41, 5.74) is 1.19. The van der Waals surface area contributed by atoms with Gasteiger partial charge in [0, 0.05) is 30.5 Å². The van der Waals surface area contributed by atoms with E-state index in [0.29, 0.717) is 0 Å². The number of rotatable bonds is 8. The first kappa shape index (κ1) is 18.7. The molecule has 0 radical (unpaired) electrons. The highest BCUT2D eigenvalue weighted by atomic mass is 32.1. The summed E-state index contributed by atoms with van der Waals surface area (Å²) < 4.78 is 5.28. The largest absolute Gasteiger partial charge is 0.383 e. The Balaban J connectivity index is 1.86. The van der Waals surface area contributed by atoms with Crippen LogP contribution in [0.4, 0.5) is 0 Å². The SMILES string of the molecule is CCCN(CCOC)Cc1nc(C)nc2sc(C3CCCCC3)cc12. The Labute approximate surface area is 155 Å². The number of aromatic nitrogens is 2. The maximum atomic E-state index is 5.28. The fourth-order valence-corrected chi connectivity index (χ4v) is 5.11. The van der Waals surface area contributed by atoms with Gasteiger partial charge in [-0.15, -0.1) is 11.3 Å². The summed E-state index contributed by atoms with van der Waals surface area (Å²) >= 11 is 1.90. The van der Waals surface area contributed by atoms with E-state index in [1.54, 1.807) is 7.11 Å². The first-order valence-electron chi connectivity index (χ1n) is 9.69. The van der Waals surface area contributed by atoms with Crippen LogP contribution in [-0.4, -0.2) is 41.7 Å². The number of aryl methyl sites for hydroxylation is 1. The maximum absolute atomic E-state index is 5.28. The summed E-state index contributed by atoms with van der Waals surface area (Å²) in [7, 11) is 1.77. The molecular formula is C20H31N3OS. The number of methoxy groups -OCH3 is 1. The van der Waals surface area contributed by atoms with Crippen molar-refractivity contribution in [2.24, 2.45) is 0 Å². The molecule has 0 atom stereocenters.